The lowest BCUT2D eigenvalue weighted by Gasteiger charge is -2.10. The van der Waals surface area contributed by atoms with Crippen molar-refractivity contribution in [3.63, 3.8) is 0 Å². The van der Waals surface area contributed by atoms with Gasteiger partial charge in [0, 0.05) is 12.2 Å². The molecule has 28 heavy (non-hydrogen) atoms. The molecule has 0 fully saturated rings. The second-order valence-electron chi connectivity index (χ2n) is 5.91. The van der Waals surface area contributed by atoms with Crippen molar-refractivity contribution in [3.8, 4) is 5.69 Å². The number of carbonyl (C=O) groups excluding carboxylic acids is 2. The van der Waals surface area contributed by atoms with Crippen LogP contribution in [-0.4, -0.2) is 51.2 Å². The Kier molecular flexibility index (Phi) is 7.10. The molecule has 8 nitrogen and oxygen atoms in total. The molecule has 11 heteroatoms. The molecule has 0 atom stereocenters. The quantitative estimate of drug-likeness (QED) is 0.628. The van der Waals surface area contributed by atoms with Crippen molar-refractivity contribution in [3.05, 3.63) is 35.7 Å². The normalized spacial score (nSPS) is 11.3. The van der Waals surface area contributed by atoms with Gasteiger partial charge in [0.2, 0.25) is 5.91 Å². The molecule has 152 valence electrons. The number of carbonyl (C=O) groups is 2. The minimum absolute atomic E-state index is 0.0869. The van der Waals surface area contributed by atoms with Crippen LogP contribution in [0, 0.1) is 0 Å². The van der Waals surface area contributed by atoms with Gasteiger partial charge >= 0.3 is 6.18 Å². The molecular formula is C17H20F3N5O3. The van der Waals surface area contributed by atoms with Gasteiger partial charge in [0.25, 0.3) is 5.91 Å². The zero-order valence-electron chi connectivity index (χ0n) is 15.1. The number of nitrogens with zero attached hydrogens (tertiary/aromatic N) is 3. The van der Waals surface area contributed by atoms with Crippen LogP contribution in [0.5, 0.6) is 0 Å². The first kappa shape index (κ1) is 21.4. The Labute approximate surface area is 158 Å². The SMILES string of the molecule is CCCc1c(C(=O)NCCO)nnn1-c1ccc(NC(=O)CC(F)(F)F)cc1. The highest BCUT2D eigenvalue weighted by atomic mass is 19.4. The molecule has 0 spiro atoms. The van der Waals surface area contributed by atoms with Crippen molar-refractivity contribution < 1.29 is 27.9 Å². The van der Waals surface area contributed by atoms with Crippen LogP contribution in [0.15, 0.2) is 24.3 Å². The molecule has 0 saturated carbocycles. The first-order valence-electron chi connectivity index (χ1n) is 8.55. The molecule has 0 aliphatic heterocycles. The summed E-state index contributed by atoms with van der Waals surface area (Å²) in [4.78, 5) is 23.5. The van der Waals surface area contributed by atoms with E-state index < -0.39 is 24.4 Å². The minimum atomic E-state index is -4.58. The van der Waals surface area contributed by atoms with Gasteiger partial charge in [0.05, 0.1) is 18.0 Å². The van der Waals surface area contributed by atoms with E-state index in [-0.39, 0.29) is 24.5 Å². The predicted octanol–water partition coefficient (Wildman–Crippen LogP) is 1.83. The molecule has 2 rings (SSSR count). The summed E-state index contributed by atoms with van der Waals surface area (Å²) in [6, 6.07) is 5.97. The highest BCUT2D eigenvalue weighted by Crippen LogP contribution is 2.21. The number of benzene rings is 1. The first-order valence-corrected chi connectivity index (χ1v) is 8.55. The van der Waals surface area contributed by atoms with E-state index >= 15 is 0 Å². The summed E-state index contributed by atoms with van der Waals surface area (Å²) in [5.74, 6) is -1.62. The van der Waals surface area contributed by atoms with Crippen LogP contribution in [0.3, 0.4) is 0 Å². The molecule has 0 aliphatic rings. The maximum atomic E-state index is 12.2. The molecule has 0 radical (unpaired) electrons. The number of alkyl halides is 3. The molecule has 1 heterocycles. The van der Waals surface area contributed by atoms with Crippen LogP contribution in [0.4, 0.5) is 18.9 Å². The third-order valence-corrected chi connectivity index (χ3v) is 3.62. The van der Waals surface area contributed by atoms with Crippen LogP contribution in [0.1, 0.15) is 35.9 Å². The molecule has 3 N–H and O–H groups in total. The van der Waals surface area contributed by atoms with Gasteiger partial charge in [0.1, 0.15) is 6.42 Å². The lowest BCUT2D eigenvalue weighted by atomic mass is 10.2. The Balaban J connectivity index is 2.20. The van der Waals surface area contributed by atoms with Gasteiger partial charge < -0.3 is 15.7 Å². The number of aliphatic hydroxyl groups is 1. The number of aromatic nitrogens is 3. The Bertz CT molecular complexity index is 818. The lowest BCUT2D eigenvalue weighted by Crippen LogP contribution is -2.27. The second-order valence-corrected chi connectivity index (χ2v) is 5.91. The van der Waals surface area contributed by atoms with Crippen molar-refractivity contribution >= 4 is 17.5 Å². The molecular weight excluding hydrogens is 379 g/mol. The number of anilines is 1. The number of hydrogen-bond donors (Lipinski definition) is 3. The van der Waals surface area contributed by atoms with Crippen LogP contribution < -0.4 is 10.6 Å². The zero-order valence-corrected chi connectivity index (χ0v) is 15.1. The predicted molar refractivity (Wildman–Crippen MR) is 94.1 cm³/mol. The van der Waals surface area contributed by atoms with E-state index in [4.69, 9.17) is 5.11 Å². The topological polar surface area (TPSA) is 109 Å². The lowest BCUT2D eigenvalue weighted by molar-refractivity contribution is -0.150. The van der Waals surface area contributed by atoms with Gasteiger partial charge in [-0.2, -0.15) is 13.2 Å². The molecule has 2 aromatic rings. The van der Waals surface area contributed by atoms with Gasteiger partial charge in [-0.15, -0.1) is 5.10 Å². The molecule has 1 aromatic carbocycles. The second kappa shape index (κ2) is 9.31. The monoisotopic (exact) mass is 399 g/mol. The smallest absolute Gasteiger partial charge is 0.395 e. The summed E-state index contributed by atoms with van der Waals surface area (Å²) in [7, 11) is 0. The fraction of sp³-hybridized carbons (Fsp3) is 0.412. The van der Waals surface area contributed by atoms with Crippen LogP contribution in [0.25, 0.3) is 5.69 Å². The molecule has 2 amide bonds. The number of rotatable bonds is 8. The average Bonchev–Trinajstić information content (AvgIpc) is 3.03. The fourth-order valence-electron chi connectivity index (χ4n) is 2.47. The van der Waals surface area contributed by atoms with Gasteiger partial charge in [-0.1, -0.05) is 18.6 Å². The molecule has 0 bridgehead atoms. The van der Waals surface area contributed by atoms with Crippen molar-refractivity contribution in [2.24, 2.45) is 0 Å². The summed E-state index contributed by atoms with van der Waals surface area (Å²) in [6.07, 6.45) is -4.91. The Morgan fingerprint density at radius 2 is 1.89 bits per heavy atom. The van der Waals surface area contributed by atoms with Gasteiger partial charge in [-0.05, 0) is 30.7 Å². The summed E-state index contributed by atoms with van der Waals surface area (Å²) < 4.78 is 38.1. The fourth-order valence-corrected chi connectivity index (χ4v) is 2.47. The Morgan fingerprint density at radius 1 is 1.21 bits per heavy atom. The number of hydrogen-bond acceptors (Lipinski definition) is 5. The third-order valence-electron chi connectivity index (χ3n) is 3.62. The maximum Gasteiger partial charge on any atom is 0.397 e. The van der Waals surface area contributed by atoms with Crippen molar-refractivity contribution in [1.82, 2.24) is 20.3 Å². The standard InChI is InChI=1S/C17H20F3N5O3/c1-2-3-13-15(16(28)21-8-9-26)23-24-25(13)12-6-4-11(5-7-12)22-14(27)10-17(18,19)20/h4-7,26H,2-3,8-10H2,1H3,(H,21,28)(H,22,27). The highest BCUT2D eigenvalue weighted by molar-refractivity contribution is 5.93. The van der Waals surface area contributed by atoms with E-state index in [0.29, 0.717) is 17.8 Å². The summed E-state index contributed by atoms with van der Waals surface area (Å²) in [5, 5.41) is 21.4. The minimum Gasteiger partial charge on any atom is -0.395 e. The highest BCUT2D eigenvalue weighted by Gasteiger charge is 2.31. The van der Waals surface area contributed by atoms with Crippen LogP contribution in [0.2, 0.25) is 0 Å². The van der Waals surface area contributed by atoms with Gasteiger partial charge in [-0.25, -0.2) is 4.68 Å². The summed E-state index contributed by atoms with van der Waals surface area (Å²) in [5.41, 5.74) is 1.44. The van der Waals surface area contributed by atoms with Crippen molar-refractivity contribution in [1.29, 1.82) is 0 Å². The van der Waals surface area contributed by atoms with Gasteiger partial charge in [-0.3, -0.25) is 9.59 Å². The van der Waals surface area contributed by atoms with E-state index in [0.717, 1.165) is 6.42 Å². The van der Waals surface area contributed by atoms with Gasteiger partial charge in [0.15, 0.2) is 5.69 Å². The van der Waals surface area contributed by atoms with Crippen LogP contribution >= 0.6 is 0 Å². The summed E-state index contributed by atoms with van der Waals surface area (Å²) in [6.45, 7) is 1.81. The molecule has 0 aliphatic carbocycles. The number of aliphatic hydroxyl groups excluding tert-OH is 1. The van der Waals surface area contributed by atoms with E-state index in [1.807, 2.05) is 6.92 Å². The van der Waals surface area contributed by atoms with E-state index in [2.05, 4.69) is 20.9 Å². The number of nitrogens with one attached hydrogen (secondary N) is 2. The molecule has 1 aromatic heterocycles. The largest absolute Gasteiger partial charge is 0.397 e. The first-order chi connectivity index (χ1) is 13.2. The average molecular weight is 399 g/mol. The number of halogens is 3. The maximum absolute atomic E-state index is 12.2. The summed E-state index contributed by atoms with van der Waals surface area (Å²) >= 11 is 0. The van der Waals surface area contributed by atoms with E-state index in [9.17, 15) is 22.8 Å². The molecule has 0 saturated heterocycles. The number of amides is 2. The Morgan fingerprint density at radius 3 is 2.46 bits per heavy atom. The van der Waals surface area contributed by atoms with Crippen LogP contribution in [-0.2, 0) is 11.2 Å². The molecule has 0 unspecified atom stereocenters. The van der Waals surface area contributed by atoms with E-state index in [1.165, 1.54) is 16.8 Å². The Hall–Kier alpha value is -2.95. The van der Waals surface area contributed by atoms with Crippen molar-refractivity contribution in [2.45, 2.75) is 32.4 Å². The zero-order chi connectivity index (χ0) is 20.7. The van der Waals surface area contributed by atoms with Crippen molar-refractivity contribution in [2.75, 3.05) is 18.5 Å². The van der Waals surface area contributed by atoms with E-state index in [1.54, 1.807) is 12.1 Å². The third kappa shape index (κ3) is 5.78.